The van der Waals surface area contributed by atoms with Crippen LogP contribution >= 0.6 is 11.3 Å². The molecule has 0 spiro atoms. The number of nitrogens with zero attached hydrogens (tertiary/aromatic N) is 3. The number of anilines is 1. The average molecular weight is 432 g/mol. The molecule has 0 fully saturated rings. The maximum absolute atomic E-state index is 13.4. The van der Waals surface area contributed by atoms with Gasteiger partial charge >= 0.3 is 0 Å². The van der Waals surface area contributed by atoms with Crippen LogP contribution in [0.15, 0.2) is 54.6 Å². The third-order valence-electron chi connectivity index (χ3n) is 5.72. The number of fused-ring (bicyclic) bond motifs is 2. The van der Waals surface area contributed by atoms with Gasteiger partial charge in [0, 0.05) is 4.88 Å². The van der Waals surface area contributed by atoms with E-state index in [2.05, 4.69) is 0 Å². The Morgan fingerprint density at radius 3 is 2.26 bits per heavy atom. The van der Waals surface area contributed by atoms with Crippen LogP contribution in [0.5, 0.6) is 0 Å². The van der Waals surface area contributed by atoms with Crippen molar-refractivity contribution in [3.8, 4) is 0 Å². The molecule has 3 amide bonds. The number of hydrogen-bond donors (Lipinski definition) is 0. The predicted molar refractivity (Wildman–Crippen MR) is 118 cm³/mol. The van der Waals surface area contributed by atoms with Crippen LogP contribution < -0.4 is 4.90 Å². The van der Waals surface area contributed by atoms with Crippen LogP contribution in [0.25, 0.3) is 0 Å². The Morgan fingerprint density at radius 1 is 0.935 bits per heavy atom. The van der Waals surface area contributed by atoms with E-state index in [1.54, 1.807) is 40.5 Å². The standard InChI is InChI=1S/C24H21N3O3S/c28-21(15-27-22(29)17-10-4-5-11-18(17)23(27)30)26(14-16-8-2-1-3-9-16)24-25-19-12-6-7-13-20(19)31-24/h1-5,8-11H,6-7,12-15H2. The minimum Gasteiger partial charge on any atom is -0.282 e. The van der Waals surface area contributed by atoms with Gasteiger partial charge in [-0.15, -0.1) is 11.3 Å². The molecule has 31 heavy (non-hydrogen) atoms. The van der Waals surface area contributed by atoms with Gasteiger partial charge in [0.05, 0.1) is 23.4 Å². The fourth-order valence-corrected chi connectivity index (χ4v) is 5.25. The predicted octanol–water partition coefficient (Wildman–Crippen LogP) is 3.85. The Hall–Kier alpha value is -3.32. The maximum atomic E-state index is 13.4. The second-order valence-electron chi connectivity index (χ2n) is 7.78. The molecule has 0 unspecified atom stereocenters. The van der Waals surface area contributed by atoms with Crippen molar-refractivity contribution in [1.82, 2.24) is 9.88 Å². The van der Waals surface area contributed by atoms with Gasteiger partial charge in [0.25, 0.3) is 11.8 Å². The highest BCUT2D eigenvalue weighted by Crippen LogP contribution is 2.33. The molecule has 6 nitrogen and oxygen atoms in total. The van der Waals surface area contributed by atoms with Crippen LogP contribution in [-0.4, -0.2) is 34.2 Å². The normalized spacial score (nSPS) is 15.0. The van der Waals surface area contributed by atoms with Crippen molar-refractivity contribution in [2.24, 2.45) is 0 Å². The summed E-state index contributed by atoms with van der Waals surface area (Å²) in [4.78, 5) is 47.5. The van der Waals surface area contributed by atoms with Crippen molar-refractivity contribution < 1.29 is 14.4 Å². The van der Waals surface area contributed by atoms with Gasteiger partial charge in [0.2, 0.25) is 5.91 Å². The number of imide groups is 1. The topological polar surface area (TPSA) is 70.6 Å². The van der Waals surface area contributed by atoms with Gasteiger partial charge in [-0.2, -0.15) is 0 Å². The summed E-state index contributed by atoms with van der Waals surface area (Å²) in [5.41, 5.74) is 2.73. The SMILES string of the molecule is O=C1c2ccccc2C(=O)N1CC(=O)N(Cc1ccccc1)c1nc2c(s1)CCCC2. The summed E-state index contributed by atoms with van der Waals surface area (Å²) in [6.07, 6.45) is 4.16. The lowest BCUT2D eigenvalue weighted by molar-refractivity contribution is -0.119. The van der Waals surface area contributed by atoms with Crippen molar-refractivity contribution in [1.29, 1.82) is 0 Å². The van der Waals surface area contributed by atoms with Crippen molar-refractivity contribution in [3.05, 3.63) is 81.9 Å². The molecule has 0 saturated heterocycles. The number of aryl methyl sites for hydroxylation is 2. The lowest BCUT2D eigenvalue weighted by Crippen LogP contribution is -2.42. The summed E-state index contributed by atoms with van der Waals surface area (Å²) in [6, 6.07) is 16.4. The highest BCUT2D eigenvalue weighted by atomic mass is 32.1. The molecule has 0 bridgehead atoms. The van der Waals surface area contributed by atoms with E-state index in [0.29, 0.717) is 22.8 Å². The minimum atomic E-state index is -0.424. The van der Waals surface area contributed by atoms with E-state index < -0.39 is 11.8 Å². The van der Waals surface area contributed by atoms with Gasteiger partial charge in [-0.25, -0.2) is 4.98 Å². The lowest BCUT2D eigenvalue weighted by atomic mass is 10.0. The molecule has 2 heterocycles. The zero-order valence-corrected chi connectivity index (χ0v) is 17.7. The summed E-state index contributed by atoms with van der Waals surface area (Å²) in [7, 11) is 0. The molecule has 2 aromatic carbocycles. The second-order valence-corrected chi connectivity index (χ2v) is 8.84. The van der Waals surface area contributed by atoms with Crippen LogP contribution in [0.3, 0.4) is 0 Å². The first-order valence-corrected chi connectivity index (χ1v) is 11.2. The molecule has 3 aromatic rings. The van der Waals surface area contributed by atoms with Crippen LogP contribution in [0, 0.1) is 0 Å². The molecule has 156 valence electrons. The Balaban J connectivity index is 1.44. The summed E-state index contributed by atoms with van der Waals surface area (Å²) < 4.78 is 0. The van der Waals surface area contributed by atoms with Crippen molar-refractivity contribution in [3.63, 3.8) is 0 Å². The molecule has 0 atom stereocenters. The van der Waals surface area contributed by atoms with Crippen LogP contribution in [-0.2, 0) is 24.2 Å². The van der Waals surface area contributed by atoms with Crippen molar-refractivity contribution in [2.75, 3.05) is 11.4 Å². The lowest BCUT2D eigenvalue weighted by Gasteiger charge is -2.23. The average Bonchev–Trinajstić information content (AvgIpc) is 3.33. The van der Waals surface area contributed by atoms with E-state index in [1.165, 1.54) is 4.88 Å². The number of thiazole rings is 1. The first kappa shape index (κ1) is 19.6. The molecule has 2 aliphatic rings. The molecule has 0 radical (unpaired) electrons. The maximum Gasteiger partial charge on any atom is 0.262 e. The number of carbonyl (C=O) groups is 3. The van der Waals surface area contributed by atoms with Crippen LogP contribution in [0.4, 0.5) is 5.13 Å². The zero-order chi connectivity index (χ0) is 21.4. The van der Waals surface area contributed by atoms with Crippen LogP contribution in [0.2, 0.25) is 0 Å². The largest absolute Gasteiger partial charge is 0.282 e. The van der Waals surface area contributed by atoms with Gasteiger partial charge in [-0.1, -0.05) is 42.5 Å². The second kappa shape index (κ2) is 8.07. The Labute approximate surface area is 184 Å². The number of hydrogen-bond acceptors (Lipinski definition) is 5. The number of amides is 3. The van der Waals surface area contributed by atoms with Crippen molar-refractivity contribution >= 4 is 34.2 Å². The van der Waals surface area contributed by atoms with E-state index in [1.807, 2.05) is 30.3 Å². The fraction of sp³-hybridized carbons (Fsp3) is 0.250. The third kappa shape index (κ3) is 3.65. The first-order chi connectivity index (χ1) is 15.1. The van der Waals surface area contributed by atoms with Crippen molar-refractivity contribution in [2.45, 2.75) is 32.2 Å². The minimum absolute atomic E-state index is 0.302. The van der Waals surface area contributed by atoms with Gasteiger partial charge < -0.3 is 0 Å². The van der Waals surface area contributed by atoms with E-state index in [0.717, 1.165) is 41.8 Å². The highest BCUT2D eigenvalue weighted by Gasteiger charge is 2.37. The van der Waals surface area contributed by atoms with E-state index in [-0.39, 0.29) is 12.5 Å². The molecule has 1 aliphatic carbocycles. The first-order valence-electron chi connectivity index (χ1n) is 10.4. The highest BCUT2D eigenvalue weighted by molar-refractivity contribution is 7.15. The molecular formula is C24H21N3O3S. The summed E-state index contributed by atoms with van der Waals surface area (Å²) >= 11 is 1.54. The quantitative estimate of drug-likeness (QED) is 0.576. The van der Waals surface area contributed by atoms with Gasteiger partial charge in [0.1, 0.15) is 6.54 Å². The summed E-state index contributed by atoms with van der Waals surface area (Å²) in [5.74, 6) is -1.16. The molecule has 5 rings (SSSR count). The Morgan fingerprint density at radius 2 is 1.58 bits per heavy atom. The summed E-state index contributed by atoms with van der Waals surface area (Å²) in [5, 5.41) is 0.636. The number of carbonyl (C=O) groups excluding carboxylic acids is 3. The Kier molecular flexibility index (Phi) is 5.11. The van der Waals surface area contributed by atoms with Gasteiger partial charge in [-0.3, -0.25) is 24.2 Å². The molecule has 1 aromatic heterocycles. The molecular weight excluding hydrogens is 410 g/mol. The van der Waals surface area contributed by atoms with E-state index in [9.17, 15) is 14.4 Å². The zero-order valence-electron chi connectivity index (χ0n) is 16.9. The fourth-order valence-electron chi connectivity index (χ4n) is 4.09. The third-order valence-corrected chi connectivity index (χ3v) is 6.90. The van der Waals surface area contributed by atoms with E-state index in [4.69, 9.17) is 4.98 Å². The monoisotopic (exact) mass is 431 g/mol. The van der Waals surface area contributed by atoms with E-state index >= 15 is 0 Å². The smallest absolute Gasteiger partial charge is 0.262 e. The Bertz CT molecular complexity index is 1110. The van der Waals surface area contributed by atoms with Crippen LogP contribution in [0.1, 0.15) is 49.7 Å². The van der Waals surface area contributed by atoms with Gasteiger partial charge in [0.15, 0.2) is 5.13 Å². The number of aromatic nitrogens is 1. The molecule has 0 N–H and O–H groups in total. The number of rotatable bonds is 5. The van der Waals surface area contributed by atoms with Gasteiger partial charge in [-0.05, 0) is 43.4 Å². The number of benzene rings is 2. The molecule has 0 saturated carbocycles. The summed E-state index contributed by atoms with van der Waals surface area (Å²) in [6.45, 7) is 0.0403. The molecule has 1 aliphatic heterocycles. The molecule has 7 heteroatoms.